The first kappa shape index (κ1) is 17.7. The molecule has 0 heterocycles. The van der Waals surface area contributed by atoms with Crippen molar-refractivity contribution in [2.24, 2.45) is 17.4 Å². The van der Waals surface area contributed by atoms with Crippen molar-refractivity contribution in [3.05, 3.63) is 28.8 Å². The maximum atomic E-state index is 11.7. The van der Waals surface area contributed by atoms with Crippen molar-refractivity contribution in [2.75, 3.05) is 5.32 Å². The van der Waals surface area contributed by atoms with Crippen molar-refractivity contribution in [1.82, 2.24) is 0 Å². The molecule has 1 aromatic carbocycles. The summed E-state index contributed by atoms with van der Waals surface area (Å²) in [4.78, 5) is 22.7. The molecule has 0 aliphatic carbocycles. The zero-order valence-corrected chi connectivity index (χ0v) is 12.2. The fraction of sp³-hybridized carbons (Fsp3) is 0.333. The second kappa shape index (κ2) is 7.33. The van der Waals surface area contributed by atoms with Gasteiger partial charge in [-0.2, -0.15) is 0 Å². The van der Waals surface area contributed by atoms with Crippen LogP contribution in [-0.4, -0.2) is 17.9 Å². The van der Waals surface area contributed by atoms with Crippen molar-refractivity contribution in [3.8, 4) is 0 Å². The van der Waals surface area contributed by atoms with E-state index in [1.807, 2.05) is 13.8 Å². The Morgan fingerprint density at radius 1 is 1.32 bits per heavy atom. The van der Waals surface area contributed by atoms with Gasteiger partial charge >= 0.3 is 0 Å². The lowest BCUT2D eigenvalue weighted by molar-refractivity contribution is -0.118. The number of amides is 2. The normalized spacial score (nSPS) is 11.6. The van der Waals surface area contributed by atoms with Crippen LogP contribution >= 0.6 is 24.0 Å². The monoisotopic (exact) mass is 305 g/mol. The average Bonchev–Trinajstić information content (AvgIpc) is 2.27. The number of benzene rings is 1. The molecule has 0 aliphatic rings. The Morgan fingerprint density at radius 2 is 1.89 bits per heavy atom. The van der Waals surface area contributed by atoms with Crippen LogP contribution in [0.5, 0.6) is 0 Å². The molecule has 0 radical (unpaired) electrons. The van der Waals surface area contributed by atoms with E-state index < -0.39 is 11.9 Å². The van der Waals surface area contributed by atoms with Gasteiger partial charge in [-0.3, -0.25) is 9.59 Å². The van der Waals surface area contributed by atoms with Crippen molar-refractivity contribution in [3.63, 3.8) is 0 Å². The Morgan fingerprint density at radius 3 is 2.32 bits per heavy atom. The van der Waals surface area contributed by atoms with Gasteiger partial charge in [0.1, 0.15) is 0 Å². The van der Waals surface area contributed by atoms with E-state index in [4.69, 9.17) is 23.1 Å². The fourth-order valence-electron chi connectivity index (χ4n) is 1.32. The Kier molecular flexibility index (Phi) is 6.83. The predicted molar refractivity (Wildman–Crippen MR) is 78.7 cm³/mol. The highest BCUT2D eigenvalue weighted by molar-refractivity contribution is 6.34. The molecule has 0 aliphatic heterocycles. The SMILES string of the molecule is CC(C)[C@@H](N)C(=O)Nc1ccc(C(N)=O)c(Cl)c1.Cl. The molecule has 0 saturated heterocycles. The highest BCUT2D eigenvalue weighted by Crippen LogP contribution is 2.20. The van der Waals surface area contributed by atoms with Crippen LogP contribution in [0.4, 0.5) is 5.69 Å². The third kappa shape index (κ3) is 4.70. The van der Waals surface area contributed by atoms with Gasteiger partial charge in [-0.1, -0.05) is 25.4 Å². The van der Waals surface area contributed by atoms with Gasteiger partial charge in [0, 0.05) is 5.69 Å². The molecule has 2 amide bonds. The average molecular weight is 306 g/mol. The number of carbonyl (C=O) groups excluding carboxylic acids is 2. The zero-order chi connectivity index (χ0) is 13.9. The summed E-state index contributed by atoms with van der Waals surface area (Å²) in [5, 5.41) is 2.82. The molecular formula is C12H17Cl2N3O2. The van der Waals surface area contributed by atoms with Crippen LogP contribution in [0, 0.1) is 5.92 Å². The van der Waals surface area contributed by atoms with Crippen LogP contribution in [0.15, 0.2) is 18.2 Å². The molecule has 0 spiro atoms. The van der Waals surface area contributed by atoms with Gasteiger partial charge in [0.2, 0.25) is 11.8 Å². The standard InChI is InChI=1S/C12H16ClN3O2.ClH/c1-6(2)10(14)12(18)16-7-3-4-8(11(15)17)9(13)5-7;/h3-6,10H,14H2,1-2H3,(H2,15,17)(H,16,18);1H/t10-;/m1./s1. The molecule has 0 saturated carbocycles. The van der Waals surface area contributed by atoms with E-state index in [0.29, 0.717) is 5.69 Å². The van der Waals surface area contributed by atoms with Crippen molar-refractivity contribution in [2.45, 2.75) is 19.9 Å². The molecule has 1 rings (SSSR count). The summed E-state index contributed by atoms with van der Waals surface area (Å²) < 4.78 is 0. The molecule has 19 heavy (non-hydrogen) atoms. The van der Waals surface area contributed by atoms with Crippen LogP contribution in [0.3, 0.4) is 0 Å². The Balaban J connectivity index is 0.00000324. The van der Waals surface area contributed by atoms with Crippen LogP contribution in [-0.2, 0) is 4.79 Å². The van der Waals surface area contributed by atoms with Gasteiger partial charge in [0.05, 0.1) is 16.6 Å². The van der Waals surface area contributed by atoms with E-state index in [9.17, 15) is 9.59 Å². The van der Waals surface area contributed by atoms with E-state index in [2.05, 4.69) is 5.32 Å². The lowest BCUT2D eigenvalue weighted by Gasteiger charge is -2.15. The number of hydrogen-bond donors (Lipinski definition) is 3. The summed E-state index contributed by atoms with van der Waals surface area (Å²) in [6.07, 6.45) is 0. The summed E-state index contributed by atoms with van der Waals surface area (Å²) in [5.74, 6) is -0.880. The van der Waals surface area contributed by atoms with Crippen molar-refractivity contribution >= 4 is 41.5 Å². The molecule has 106 valence electrons. The minimum absolute atomic E-state index is 0. The Labute approximate surface area is 123 Å². The summed E-state index contributed by atoms with van der Waals surface area (Å²) in [5.41, 5.74) is 11.5. The molecular weight excluding hydrogens is 289 g/mol. The summed E-state index contributed by atoms with van der Waals surface area (Å²) in [7, 11) is 0. The second-order valence-corrected chi connectivity index (χ2v) is 4.73. The quantitative estimate of drug-likeness (QED) is 0.790. The minimum Gasteiger partial charge on any atom is -0.366 e. The first-order chi connectivity index (χ1) is 8.32. The van der Waals surface area contributed by atoms with E-state index in [0.717, 1.165) is 0 Å². The van der Waals surface area contributed by atoms with Crippen molar-refractivity contribution < 1.29 is 9.59 Å². The minimum atomic E-state index is -0.614. The van der Waals surface area contributed by atoms with E-state index in [1.165, 1.54) is 12.1 Å². The van der Waals surface area contributed by atoms with Gasteiger partial charge in [0.25, 0.3) is 0 Å². The Bertz CT molecular complexity index is 478. The number of nitrogens with two attached hydrogens (primary N) is 2. The molecule has 0 bridgehead atoms. The molecule has 5 N–H and O–H groups in total. The van der Waals surface area contributed by atoms with Crippen LogP contribution in [0.25, 0.3) is 0 Å². The smallest absolute Gasteiger partial charge is 0.250 e. The lowest BCUT2D eigenvalue weighted by Crippen LogP contribution is -2.39. The Hall–Kier alpha value is -1.30. The van der Waals surface area contributed by atoms with Crippen LogP contribution in [0.1, 0.15) is 24.2 Å². The van der Waals surface area contributed by atoms with Crippen molar-refractivity contribution in [1.29, 1.82) is 0 Å². The molecule has 1 aromatic rings. The molecule has 0 unspecified atom stereocenters. The van der Waals surface area contributed by atoms with Crippen LogP contribution in [0.2, 0.25) is 5.02 Å². The molecule has 5 nitrogen and oxygen atoms in total. The zero-order valence-electron chi connectivity index (χ0n) is 10.6. The first-order valence-corrected chi connectivity index (χ1v) is 5.86. The maximum absolute atomic E-state index is 11.7. The van der Waals surface area contributed by atoms with Gasteiger partial charge in [-0.25, -0.2) is 0 Å². The van der Waals surface area contributed by atoms with Gasteiger partial charge in [-0.05, 0) is 24.1 Å². The maximum Gasteiger partial charge on any atom is 0.250 e. The fourth-order valence-corrected chi connectivity index (χ4v) is 1.59. The third-order valence-corrected chi connectivity index (χ3v) is 2.84. The van der Waals surface area contributed by atoms with E-state index in [-0.39, 0.29) is 34.8 Å². The summed E-state index contributed by atoms with van der Waals surface area (Å²) >= 11 is 5.87. The number of halogens is 2. The van der Waals surface area contributed by atoms with Gasteiger partial charge in [-0.15, -0.1) is 12.4 Å². The highest BCUT2D eigenvalue weighted by atomic mass is 35.5. The lowest BCUT2D eigenvalue weighted by atomic mass is 10.0. The summed E-state index contributed by atoms with van der Waals surface area (Å²) in [6.45, 7) is 3.71. The van der Waals surface area contributed by atoms with E-state index in [1.54, 1.807) is 6.07 Å². The second-order valence-electron chi connectivity index (χ2n) is 4.32. The predicted octanol–water partition coefficient (Wildman–Crippen LogP) is 1.78. The number of nitrogens with one attached hydrogen (secondary N) is 1. The largest absolute Gasteiger partial charge is 0.366 e. The first-order valence-electron chi connectivity index (χ1n) is 5.48. The highest BCUT2D eigenvalue weighted by Gasteiger charge is 2.17. The number of rotatable bonds is 4. The van der Waals surface area contributed by atoms with E-state index >= 15 is 0 Å². The molecule has 1 atom stereocenters. The summed E-state index contributed by atoms with van der Waals surface area (Å²) in [6, 6.07) is 3.88. The molecule has 0 aromatic heterocycles. The van der Waals surface area contributed by atoms with Crippen LogP contribution < -0.4 is 16.8 Å². The number of hydrogen-bond acceptors (Lipinski definition) is 3. The number of anilines is 1. The number of carbonyl (C=O) groups is 2. The molecule has 7 heteroatoms. The number of primary amides is 1. The topological polar surface area (TPSA) is 98.2 Å². The van der Waals surface area contributed by atoms with Gasteiger partial charge in [0.15, 0.2) is 0 Å². The third-order valence-electron chi connectivity index (χ3n) is 2.52. The van der Waals surface area contributed by atoms with Gasteiger partial charge < -0.3 is 16.8 Å². The molecule has 0 fully saturated rings.